The molecule has 0 aromatic heterocycles. The lowest BCUT2D eigenvalue weighted by molar-refractivity contribution is -0.136. The van der Waals surface area contributed by atoms with Gasteiger partial charge in [0.1, 0.15) is 13.1 Å². The molecule has 58 heavy (non-hydrogen) atoms. The zero-order valence-corrected chi connectivity index (χ0v) is 37.2. The highest BCUT2D eigenvalue weighted by molar-refractivity contribution is 5.83. The van der Waals surface area contributed by atoms with E-state index in [0.29, 0.717) is 13.1 Å². The Balaban J connectivity index is 2.02. The number of unbranched alkanes of at least 4 members (excludes halogenated alkanes) is 30. The van der Waals surface area contributed by atoms with Gasteiger partial charge in [0.2, 0.25) is 0 Å². The van der Waals surface area contributed by atoms with Gasteiger partial charge in [0.05, 0.1) is 0 Å². The van der Waals surface area contributed by atoms with Gasteiger partial charge in [-0.2, -0.15) is 0 Å². The first-order valence-electron chi connectivity index (χ1n) is 24.0. The molecule has 0 saturated heterocycles. The largest absolute Gasteiger partial charge is 0.421 e. The molecule has 0 saturated carbocycles. The van der Waals surface area contributed by atoms with E-state index in [-0.39, 0.29) is 24.6 Å². The molecule has 10 nitrogen and oxygen atoms in total. The van der Waals surface area contributed by atoms with Gasteiger partial charge in [0.15, 0.2) is 11.5 Å². The highest BCUT2D eigenvalue weighted by Gasteiger charge is 2.15. The number of carbonyl (C=O) groups is 4. The standard InChI is InChI=1S/C48H86N4O6/c1-3-5-7-9-11-13-15-17-19-21-23-25-27-29-31-35-39-49-47(55)51-41-45(53)57-43-37-33-34-38-44(43)58-46(54)42-52-48(56)50-40-36-32-30-28-26-24-22-20-18-16-14-12-10-8-6-4-2/h33-34,37-38H,3-32,35-36,39-42H2,1-2H3,(H2,49,51,55)(H2,50,52,56). The van der Waals surface area contributed by atoms with Crippen LogP contribution < -0.4 is 30.7 Å². The number of rotatable bonds is 40. The highest BCUT2D eigenvalue weighted by atomic mass is 16.6. The van der Waals surface area contributed by atoms with Crippen molar-refractivity contribution in [2.75, 3.05) is 26.2 Å². The van der Waals surface area contributed by atoms with Gasteiger partial charge in [-0.1, -0.05) is 219 Å². The molecule has 1 aromatic rings. The van der Waals surface area contributed by atoms with Crippen molar-refractivity contribution < 1.29 is 28.7 Å². The molecule has 334 valence electrons. The van der Waals surface area contributed by atoms with Crippen molar-refractivity contribution in [2.24, 2.45) is 0 Å². The summed E-state index contributed by atoms with van der Waals surface area (Å²) in [7, 11) is 0. The van der Waals surface area contributed by atoms with Crippen LogP contribution in [0.15, 0.2) is 24.3 Å². The number of hydrogen-bond acceptors (Lipinski definition) is 6. The molecule has 1 rings (SSSR count). The van der Waals surface area contributed by atoms with Crippen molar-refractivity contribution in [3.8, 4) is 11.5 Å². The van der Waals surface area contributed by atoms with Gasteiger partial charge in [0.25, 0.3) is 0 Å². The minimum absolute atomic E-state index is 0.0455. The average Bonchev–Trinajstić information content (AvgIpc) is 3.22. The second kappa shape index (κ2) is 40.5. The van der Waals surface area contributed by atoms with Crippen LogP contribution in [0.5, 0.6) is 11.5 Å². The molecule has 0 aliphatic heterocycles. The summed E-state index contributed by atoms with van der Waals surface area (Å²) in [5, 5.41) is 10.6. The third-order valence-corrected chi connectivity index (χ3v) is 10.7. The van der Waals surface area contributed by atoms with E-state index in [2.05, 4.69) is 35.1 Å². The van der Waals surface area contributed by atoms with Gasteiger partial charge in [-0.25, -0.2) is 19.2 Å². The van der Waals surface area contributed by atoms with Crippen LogP contribution in [0.4, 0.5) is 9.59 Å². The summed E-state index contributed by atoms with van der Waals surface area (Å²) in [4.78, 5) is 49.2. The summed E-state index contributed by atoms with van der Waals surface area (Å²) in [6.45, 7) is 4.95. The predicted molar refractivity (Wildman–Crippen MR) is 240 cm³/mol. The van der Waals surface area contributed by atoms with Gasteiger partial charge < -0.3 is 30.7 Å². The number of hydrogen-bond donors (Lipinski definition) is 4. The predicted octanol–water partition coefficient (Wildman–Crippen LogP) is 12.6. The topological polar surface area (TPSA) is 135 Å². The second-order valence-corrected chi connectivity index (χ2v) is 16.2. The van der Waals surface area contributed by atoms with Gasteiger partial charge in [-0.15, -0.1) is 0 Å². The van der Waals surface area contributed by atoms with Gasteiger partial charge >= 0.3 is 24.0 Å². The van der Waals surface area contributed by atoms with Crippen molar-refractivity contribution in [1.82, 2.24) is 21.3 Å². The summed E-state index contributed by atoms with van der Waals surface area (Å²) in [5.74, 6) is -1.31. The number of para-hydroxylation sites is 2. The summed E-state index contributed by atoms with van der Waals surface area (Å²) in [5.41, 5.74) is 0. The van der Waals surface area contributed by atoms with Gasteiger partial charge in [-0.05, 0) is 25.0 Å². The van der Waals surface area contributed by atoms with Crippen molar-refractivity contribution in [3.63, 3.8) is 0 Å². The molecule has 0 unspecified atom stereocenters. The van der Waals surface area contributed by atoms with E-state index in [0.717, 1.165) is 25.7 Å². The van der Waals surface area contributed by atoms with Crippen LogP contribution in [0, 0.1) is 0 Å². The van der Waals surface area contributed by atoms with Crippen LogP contribution in [0.2, 0.25) is 0 Å². The molecule has 0 spiro atoms. The quantitative estimate of drug-likeness (QED) is 0.0296. The van der Waals surface area contributed by atoms with Gasteiger partial charge in [0, 0.05) is 13.1 Å². The maximum absolute atomic E-state index is 12.4. The summed E-state index contributed by atoms with van der Waals surface area (Å²) in [6.07, 6.45) is 41.5. The van der Waals surface area contributed by atoms with Crippen LogP contribution in [-0.2, 0) is 9.59 Å². The fraction of sp³-hybridized carbons (Fsp3) is 0.792. The first kappa shape index (κ1) is 52.7. The van der Waals surface area contributed by atoms with E-state index >= 15 is 0 Å². The van der Waals surface area contributed by atoms with Crippen LogP contribution in [0.25, 0.3) is 0 Å². The SMILES string of the molecule is CCCCCCCCCCCCCCCCCCNC(=O)NCC(=O)Oc1ccccc1OC(=O)CNC(=O)NCCCCCCCCCCCCCCCCCC. The number of esters is 2. The molecule has 0 radical (unpaired) electrons. The molecular weight excluding hydrogens is 729 g/mol. The summed E-state index contributed by atoms with van der Waals surface area (Å²) < 4.78 is 10.7. The second-order valence-electron chi connectivity index (χ2n) is 16.2. The van der Waals surface area contributed by atoms with Crippen LogP contribution >= 0.6 is 0 Å². The lowest BCUT2D eigenvalue weighted by atomic mass is 10.0. The molecule has 0 aliphatic rings. The van der Waals surface area contributed by atoms with Crippen molar-refractivity contribution >= 4 is 24.0 Å². The van der Waals surface area contributed by atoms with Crippen LogP contribution in [0.3, 0.4) is 0 Å². The number of carbonyl (C=O) groups excluding carboxylic acids is 4. The lowest BCUT2D eigenvalue weighted by Gasteiger charge is -2.12. The third-order valence-electron chi connectivity index (χ3n) is 10.7. The maximum atomic E-state index is 12.4. The van der Waals surface area contributed by atoms with E-state index in [1.165, 1.54) is 192 Å². The maximum Gasteiger partial charge on any atom is 0.331 e. The average molecular weight is 815 g/mol. The van der Waals surface area contributed by atoms with E-state index in [1.807, 2.05) is 0 Å². The normalized spacial score (nSPS) is 10.9. The fourth-order valence-electron chi connectivity index (χ4n) is 7.12. The van der Waals surface area contributed by atoms with Crippen molar-refractivity contribution in [1.29, 1.82) is 0 Å². The number of nitrogens with one attached hydrogen (secondary N) is 4. The van der Waals surface area contributed by atoms with E-state index in [1.54, 1.807) is 12.1 Å². The molecule has 0 fully saturated rings. The number of benzene rings is 1. The van der Waals surface area contributed by atoms with Crippen molar-refractivity contribution in [2.45, 2.75) is 219 Å². The Bertz CT molecular complexity index is 1060. The van der Waals surface area contributed by atoms with Gasteiger partial charge in [-0.3, -0.25) is 0 Å². The minimum Gasteiger partial charge on any atom is -0.421 e. The first-order valence-corrected chi connectivity index (χ1v) is 24.0. The molecule has 10 heteroatoms. The van der Waals surface area contributed by atoms with E-state index in [4.69, 9.17) is 9.47 Å². The van der Waals surface area contributed by atoms with E-state index in [9.17, 15) is 19.2 Å². The Morgan fingerprint density at radius 1 is 0.362 bits per heavy atom. The van der Waals surface area contributed by atoms with E-state index < -0.39 is 24.0 Å². The van der Waals surface area contributed by atoms with Crippen LogP contribution in [-0.4, -0.2) is 50.2 Å². The molecule has 4 amide bonds. The molecular formula is C48H86N4O6. The summed E-state index contributed by atoms with van der Waals surface area (Å²) >= 11 is 0. The molecule has 0 aliphatic carbocycles. The number of urea groups is 2. The third kappa shape index (κ3) is 34.7. The first-order chi connectivity index (χ1) is 28.5. The zero-order chi connectivity index (χ0) is 42.0. The highest BCUT2D eigenvalue weighted by Crippen LogP contribution is 2.26. The molecule has 0 atom stereocenters. The van der Waals surface area contributed by atoms with Crippen molar-refractivity contribution in [3.05, 3.63) is 24.3 Å². The van der Waals surface area contributed by atoms with Crippen LogP contribution in [0.1, 0.15) is 219 Å². The molecule has 0 heterocycles. The Morgan fingerprint density at radius 3 is 0.862 bits per heavy atom. The monoisotopic (exact) mass is 815 g/mol. The smallest absolute Gasteiger partial charge is 0.331 e. The summed E-state index contributed by atoms with van der Waals surface area (Å²) in [6, 6.07) is 5.41. The molecule has 4 N–H and O–H groups in total. The Kier molecular flexibility index (Phi) is 36.8. The molecule has 1 aromatic carbocycles. The lowest BCUT2D eigenvalue weighted by Crippen LogP contribution is -2.40. The number of ether oxygens (including phenoxy) is 2. The Hall–Kier alpha value is -3.30. The Morgan fingerprint density at radius 2 is 0.603 bits per heavy atom. The zero-order valence-electron chi connectivity index (χ0n) is 37.2. The minimum atomic E-state index is -0.701. The Labute approximate surface area is 354 Å². The molecule has 0 bridgehead atoms. The number of amides is 4. The fourth-order valence-corrected chi connectivity index (χ4v) is 7.12.